The van der Waals surface area contributed by atoms with Crippen molar-refractivity contribution >= 4 is 23.2 Å². The Bertz CT molecular complexity index is 540. The third kappa shape index (κ3) is 3.93. The van der Waals surface area contributed by atoms with E-state index in [9.17, 15) is 0 Å². The van der Waals surface area contributed by atoms with E-state index in [1.165, 1.54) is 0 Å². The predicted octanol–water partition coefficient (Wildman–Crippen LogP) is 3.52. The highest BCUT2D eigenvalue weighted by Gasteiger charge is 2.16. The quantitative estimate of drug-likeness (QED) is 0.919. The molecule has 2 aromatic rings. The molecule has 0 amide bonds. The summed E-state index contributed by atoms with van der Waals surface area (Å²) in [5.74, 6) is 0. The molecule has 0 aliphatic carbocycles. The molecule has 3 nitrogen and oxygen atoms in total. The van der Waals surface area contributed by atoms with Crippen LogP contribution in [0, 0.1) is 0 Å². The molecule has 2 rings (SSSR count). The van der Waals surface area contributed by atoms with Gasteiger partial charge in [0.25, 0.3) is 0 Å². The third-order valence-electron chi connectivity index (χ3n) is 3.18. The van der Waals surface area contributed by atoms with Crippen molar-refractivity contribution in [3.63, 3.8) is 0 Å². The fraction of sp³-hybridized carbons (Fsp3) is 0.267. The molecule has 0 bridgehead atoms. The van der Waals surface area contributed by atoms with Gasteiger partial charge in [-0.05, 0) is 42.4 Å². The first kappa shape index (κ1) is 15.3. The van der Waals surface area contributed by atoms with Crippen LogP contribution in [-0.4, -0.2) is 23.5 Å². The summed E-state index contributed by atoms with van der Waals surface area (Å²) in [7, 11) is 2.03. The summed E-state index contributed by atoms with van der Waals surface area (Å²) < 4.78 is 0. The molecule has 0 saturated heterocycles. The zero-order valence-electron chi connectivity index (χ0n) is 11.3. The Hall–Kier alpha value is -1.13. The number of hydrogen-bond acceptors (Lipinski definition) is 3. The third-order valence-corrected chi connectivity index (χ3v) is 3.62. The molecule has 1 atom stereocenters. The van der Waals surface area contributed by atoms with Crippen molar-refractivity contribution in [1.82, 2.24) is 9.88 Å². The van der Waals surface area contributed by atoms with Crippen molar-refractivity contribution in [2.45, 2.75) is 12.6 Å². The van der Waals surface area contributed by atoms with Crippen LogP contribution >= 0.6 is 23.2 Å². The van der Waals surface area contributed by atoms with Gasteiger partial charge in [0.1, 0.15) is 0 Å². The van der Waals surface area contributed by atoms with Crippen LogP contribution in [0.15, 0.2) is 42.7 Å². The zero-order chi connectivity index (χ0) is 14.5. The average Bonchev–Trinajstić information content (AvgIpc) is 2.39. The number of nitrogens with two attached hydrogens (primary N) is 1. The first-order valence-electron chi connectivity index (χ1n) is 6.35. The second-order valence-corrected chi connectivity index (χ2v) is 5.60. The van der Waals surface area contributed by atoms with Crippen LogP contribution in [0.3, 0.4) is 0 Å². The van der Waals surface area contributed by atoms with E-state index >= 15 is 0 Å². The maximum Gasteiger partial charge on any atom is 0.0472 e. The number of rotatable bonds is 5. The fourth-order valence-corrected chi connectivity index (χ4v) is 2.77. The monoisotopic (exact) mass is 309 g/mol. The van der Waals surface area contributed by atoms with Gasteiger partial charge in [0, 0.05) is 41.6 Å². The molecule has 0 aliphatic rings. The Morgan fingerprint density at radius 2 is 1.95 bits per heavy atom. The molecule has 106 valence electrons. The fourth-order valence-electron chi connectivity index (χ4n) is 2.23. The number of aromatic nitrogens is 1. The van der Waals surface area contributed by atoms with Gasteiger partial charge in [0.2, 0.25) is 0 Å². The molecule has 1 aromatic carbocycles. The van der Waals surface area contributed by atoms with Gasteiger partial charge in [-0.25, -0.2) is 0 Å². The van der Waals surface area contributed by atoms with Crippen molar-refractivity contribution in [3.8, 4) is 0 Å². The molecule has 5 heteroatoms. The Kier molecular flexibility index (Phi) is 5.38. The standard InChI is InChI=1S/C15H17Cl2N3/c1-20(10-11-3-2-4-19-9-11)15(8-18)12-5-13(16)7-14(17)6-12/h2-7,9,15H,8,10,18H2,1H3. The van der Waals surface area contributed by atoms with Gasteiger partial charge in [-0.15, -0.1) is 0 Å². The molecule has 1 aromatic heterocycles. The molecular formula is C15H17Cl2N3. The van der Waals surface area contributed by atoms with Gasteiger partial charge >= 0.3 is 0 Å². The minimum atomic E-state index is 0.0615. The first-order chi connectivity index (χ1) is 9.60. The largest absolute Gasteiger partial charge is 0.329 e. The molecular weight excluding hydrogens is 293 g/mol. The normalized spacial score (nSPS) is 12.7. The lowest BCUT2D eigenvalue weighted by Gasteiger charge is -2.27. The topological polar surface area (TPSA) is 42.2 Å². The van der Waals surface area contributed by atoms with Crippen LogP contribution in [-0.2, 0) is 6.54 Å². The van der Waals surface area contributed by atoms with Crippen LogP contribution < -0.4 is 5.73 Å². The van der Waals surface area contributed by atoms with Crippen LogP contribution in [0.4, 0.5) is 0 Å². The number of nitrogens with zero attached hydrogens (tertiary/aromatic N) is 2. The van der Waals surface area contributed by atoms with Crippen LogP contribution in [0.5, 0.6) is 0 Å². The second-order valence-electron chi connectivity index (χ2n) is 4.73. The molecule has 0 spiro atoms. The van der Waals surface area contributed by atoms with E-state index in [1.807, 2.05) is 37.5 Å². The first-order valence-corrected chi connectivity index (χ1v) is 7.11. The van der Waals surface area contributed by atoms with E-state index < -0.39 is 0 Å². The Morgan fingerprint density at radius 1 is 1.25 bits per heavy atom. The van der Waals surface area contributed by atoms with Crippen molar-refractivity contribution in [1.29, 1.82) is 0 Å². The molecule has 2 N–H and O–H groups in total. The van der Waals surface area contributed by atoms with Crippen LogP contribution in [0.25, 0.3) is 0 Å². The minimum Gasteiger partial charge on any atom is -0.329 e. The van der Waals surface area contributed by atoms with E-state index in [0.717, 1.165) is 17.7 Å². The van der Waals surface area contributed by atoms with E-state index in [2.05, 4.69) is 9.88 Å². The molecule has 20 heavy (non-hydrogen) atoms. The maximum atomic E-state index is 6.06. The van der Waals surface area contributed by atoms with Crippen LogP contribution in [0.2, 0.25) is 10.0 Å². The summed E-state index contributed by atoms with van der Waals surface area (Å²) >= 11 is 12.1. The molecule has 0 saturated carbocycles. The number of likely N-dealkylation sites (N-methyl/N-ethyl adjacent to an activating group) is 1. The summed E-state index contributed by atoms with van der Waals surface area (Å²) in [5, 5.41) is 1.25. The van der Waals surface area contributed by atoms with Gasteiger partial charge < -0.3 is 5.73 Å². The summed E-state index contributed by atoms with van der Waals surface area (Å²) in [5.41, 5.74) is 8.08. The van der Waals surface area contributed by atoms with Gasteiger partial charge in [-0.2, -0.15) is 0 Å². The summed E-state index contributed by atoms with van der Waals surface area (Å²) in [4.78, 5) is 6.29. The maximum absolute atomic E-state index is 6.06. The van der Waals surface area contributed by atoms with Gasteiger partial charge in [0.15, 0.2) is 0 Å². The highest BCUT2D eigenvalue weighted by atomic mass is 35.5. The highest BCUT2D eigenvalue weighted by molar-refractivity contribution is 6.34. The second kappa shape index (κ2) is 7.04. The van der Waals surface area contributed by atoms with Crippen molar-refractivity contribution in [2.75, 3.05) is 13.6 Å². The number of hydrogen-bond donors (Lipinski definition) is 1. The van der Waals surface area contributed by atoms with Crippen molar-refractivity contribution in [2.24, 2.45) is 5.73 Å². The summed E-state index contributed by atoms with van der Waals surface area (Å²) in [6.45, 7) is 1.26. The SMILES string of the molecule is CN(Cc1cccnc1)C(CN)c1cc(Cl)cc(Cl)c1. The highest BCUT2D eigenvalue weighted by Crippen LogP contribution is 2.26. The minimum absolute atomic E-state index is 0.0615. The Morgan fingerprint density at radius 3 is 2.50 bits per heavy atom. The number of pyridine rings is 1. The Balaban J connectivity index is 2.18. The smallest absolute Gasteiger partial charge is 0.0472 e. The van der Waals surface area contributed by atoms with Gasteiger partial charge in [0.05, 0.1) is 0 Å². The summed E-state index contributed by atoms with van der Waals surface area (Å²) in [6.07, 6.45) is 3.62. The molecule has 0 aliphatic heterocycles. The lowest BCUT2D eigenvalue weighted by Crippen LogP contribution is -2.30. The van der Waals surface area contributed by atoms with E-state index in [0.29, 0.717) is 16.6 Å². The van der Waals surface area contributed by atoms with Gasteiger partial charge in [-0.1, -0.05) is 29.3 Å². The lowest BCUT2D eigenvalue weighted by atomic mass is 10.1. The van der Waals surface area contributed by atoms with E-state index in [4.69, 9.17) is 28.9 Å². The predicted molar refractivity (Wildman–Crippen MR) is 84.0 cm³/mol. The van der Waals surface area contributed by atoms with Gasteiger partial charge in [-0.3, -0.25) is 9.88 Å². The number of halogens is 2. The molecule has 0 fully saturated rings. The molecule has 1 unspecified atom stereocenters. The average molecular weight is 310 g/mol. The molecule has 1 heterocycles. The van der Waals surface area contributed by atoms with Crippen molar-refractivity contribution in [3.05, 3.63) is 63.9 Å². The lowest BCUT2D eigenvalue weighted by molar-refractivity contribution is 0.241. The summed E-state index contributed by atoms with van der Waals surface area (Å²) in [6, 6.07) is 9.57. The molecule has 0 radical (unpaired) electrons. The van der Waals surface area contributed by atoms with Crippen molar-refractivity contribution < 1.29 is 0 Å². The zero-order valence-corrected chi connectivity index (χ0v) is 12.8. The van der Waals surface area contributed by atoms with E-state index in [1.54, 1.807) is 12.3 Å². The van der Waals surface area contributed by atoms with Crippen LogP contribution in [0.1, 0.15) is 17.2 Å². The Labute approximate surface area is 129 Å². The van der Waals surface area contributed by atoms with E-state index in [-0.39, 0.29) is 6.04 Å². The number of benzene rings is 1.